The lowest BCUT2D eigenvalue weighted by Crippen LogP contribution is -2.16. The largest absolute Gasteiger partial charge is 0.497 e. The van der Waals surface area contributed by atoms with E-state index >= 15 is 0 Å². The molecule has 27 heavy (non-hydrogen) atoms. The number of amides is 1. The maximum absolute atomic E-state index is 12.2. The van der Waals surface area contributed by atoms with E-state index in [1.54, 1.807) is 18.2 Å². The van der Waals surface area contributed by atoms with Gasteiger partial charge in [-0.1, -0.05) is 0 Å². The predicted molar refractivity (Wildman–Crippen MR) is 97.5 cm³/mol. The number of benzene rings is 2. The smallest absolute Gasteiger partial charge is 0.307 e. The van der Waals surface area contributed by atoms with Crippen molar-refractivity contribution in [2.75, 3.05) is 14.2 Å². The van der Waals surface area contributed by atoms with Crippen molar-refractivity contribution >= 4 is 28.8 Å². The van der Waals surface area contributed by atoms with E-state index in [1.807, 2.05) is 0 Å². The van der Waals surface area contributed by atoms with Gasteiger partial charge in [0.15, 0.2) is 5.76 Å². The molecule has 3 rings (SSSR count). The Kier molecular flexibility index (Phi) is 5.02. The van der Waals surface area contributed by atoms with Crippen molar-refractivity contribution in [3.63, 3.8) is 0 Å². The number of ether oxygens (including phenoxy) is 2. The number of rotatable bonds is 6. The van der Waals surface area contributed by atoms with Crippen LogP contribution in [0.1, 0.15) is 16.1 Å². The van der Waals surface area contributed by atoms with Crippen LogP contribution in [0.2, 0.25) is 0 Å². The van der Waals surface area contributed by atoms with Crippen LogP contribution in [0.4, 0.5) is 5.69 Å². The average molecular weight is 369 g/mol. The number of methoxy groups -OCH3 is 2. The van der Waals surface area contributed by atoms with Gasteiger partial charge in [0.2, 0.25) is 0 Å². The molecule has 138 valence electrons. The second kappa shape index (κ2) is 7.56. The van der Waals surface area contributed by atoms with Gasteiger partial charge in [-0.3, -0.25) is 14.9 Å². The van der Waals surface area contributed by atoms with Crippen LogP contribution in [-0.4, -0.2) is 31.3 Å². The number of nitro benzene ring substituents is 1. The zero-order valence-electron chi connectivity index (χ0n) is 14.5. The van der Waals surface area contributed by atoms with Gasteiger partial charge in [-0.25, -0.2) is 5.43 Å². The van der Waals surface area contributed by atoms with Crippen molar-refractivity contribution in [1.29, 1.82) is 0 Å². The number of carbonyl (C=O) groups excluding carboxylic acids is 1. The Bertz CT molecular complexity index is 1040. The Hall–Kier alpha value is -3.88. The highest BCUT2D eigenvalue weighted by molar-refractivity contribution is 5.97. The van der Waals surface area contributed by atoms with E-state index in [9.17, 15) is 14.9 Å². The third-order valence-electron chi connectivity index (χ3n) is 3.74. The quantitative estimate of drug-likeness (QED) is 0.405. The molecule has 0 radical (unpaired) electrons. The minimum atomic E-state index is -0.591. The Morgan fingerprint density at radius 3 is 2.70 bits per heavy atom. The van der Waals surface area contributed by atoms with Crippen LogP contribution in [-0.2, 0) is 0 Å². The van der Waals surface area contributed by atoms with Gasteiger partial charge in [0.05, 0.1) is 25.4 Å². The number of non-ortho nitro benzene ring substituents is 1. The summed E-state index contributed by atoms with van der Waals surface area (Å²) < 4.78 is 15.8. The van der Waals surface area contributed by atoms with E-state index in [4.69, 9.17) is 13.9 Å². The molecule has 0 aliphatic heterocycles. The van der Waals surface area contributed by atoms with Gasteiger partial charge in [-0.15, -0.1) is 0 Å². The second-order valence-electron chi connectivity index (χ2n) is 5.40. The van der Waals surface area contributed by atoms with Gasteiger partial charge in [0.25, 0.3) is 5.69 Å². The van der Waals surface area contributed by atoms with E-state index in [-0.39, 0.29) is 11.4 Å². The fraction of sp³-hybridized carbons (Fsp3) is 0.111. The zero-order chi connectivity index (χ0) is 19.4. The molecule has 0 aliphatic carbocycles. The summed E-state index contributed by atoms with van der Waals surface area (Å²) in [4.78, 5) is 22.5. The SMILES string of the molecule is COc1ccc(OC)c(/C=N/NC(=O)c2cc3cc([N+](=O)[O-])ccc3o2)c1. The summed E-state index contributed by atoms with van der Waals surface area (Å²) in [5.74, 6) is 0.569. The van der Waals surface area contributed by atoms with Gasteiger partial charge in [-0.05, 0) is 30.3 Å². The van der Waals surface area contributed by atoms with E-state index in [0.717, 1.165) is 0 Å². The number of nitrogens with one attached hydrogen (secondary N) is 1. The van der Waals surface area contributed by atoms with Crippen molar-refractivity contribution in [2.24, 2.45) is 5.10 Å². The fourth-order valence-corrected chi connectivity index (χ4v) is 2.41. The first kappa shape index (κ1) is 17.9. The summed E-state index contributed by atoms with van der Waals surface area (Å²) in [6.07, 6.45) is 1.41. The molecule has 0 fully saturated rings. The van der Waals surface area contributed by atoms with Crippen LogP contribution < -0.4 is 14.9 Å². The molecular weight excluding hydrogens is 354 g/mol. The summed E-state index contributed by atoms with van der Waals surface area (Å²) in [5.41, 5.74) is 3.23. The third-order valence-corrected chi connectivity index (χ3v) is 3.74. The summed E-state index contributed by atoms with van der Waals surface area (Å²) in [7, 11) is 3.06. The lowest BCUT2D eigenvalue weighted by atomic mass is 10.2. The standard InChI is InChI=1S/C18H15N3O6/c1-25-14-4-6-15(26-2)12(8-14)10-19-20-18(22)17-9-11-7-13(21(23)24)3-5-16(11)27-17/h3-10H,1-2H3,(H,20,22)/b19-10+. The molecule has 9 nitrogen and oxygen atoms in total. The molecule has 0 unspecified atom stereocenters. The normalized spacial score (nSPS) is 10.9. The first-order chi connectivity index (χ1) is 13.0. The number of furan rings is 1. The van der Waals surface area contributed by atoms with Crippen LogP contribution >= 0.6 is 0 Å². The predicted octanol–water partition coefficient (Wildman–Crippen LogP) is 3.12. The summed E-state index contributed by atoms with van der Waals surface area (Å²) in [6.45, 7) is 0. The molecule has 0 bridgehead atoms. The number of fused-ring (bicyclic) bond motifs is 1. The van der Waals surface area contributed by atoms with E-state index in [2.05, 4.69) is 10.5 Å². The van der Waals surface area contributed by atoms with Gasteiger partial charge in [0, 0.05) is 23.1 Å². The molecule has 3 aromatic rings. The van der Waals surface area contributed by atoms with Crippen LogP contribution in [0.25, 0.3) is 11.0 Å². The van der Waals surface area contributed by atoms with Crippen molar-refractivity contribution in [3.05, 3.63) is 63.9 Å². The minimum absolute atomic E-state index is 0.0137. The van der Waals surface area contributed by atoms with Gasteiger partial charge in [0.1, 0.15) is 17.1 Å². The molecule has 0 saturated carbocycles. The molecule has 9 heteroatoms. The van der Waals surface area contributed by atoms with Gasteiger partial charge >= 0.3 is 5.91 Å². The van der Waals surface area contributed by atoms with E-state index < -0.39 is 10.8 Å². The third kappa shape index (κ3) is 3.87. The molecule has 2 aromatic carbocycles. The molecule has 0 saturated heterocycles. The number of carbonyl (C=O) groups is 1. The number of hydrogen-bond acceptors (Lipinski definition) is 7. The Labute approximate surface area is 153 Å². The highest BCUT2D eigenvalue weighted by Crippen LogP contribution is 2.24. The molecule has 0 atom stereocenters. The van der Waals surface area contributed by atoms with E-state index in [1.165, 1.54) is 44.7 Å². The topological polar surface area (TPSA) is 116 Å². The van der Waals surface area contributed by atoms with Gasteiger partial charge in [-0.2, -0.15) is 5.10 Å². The molecule has 1 N–H and O–H groups in total. The van der Waals surface area contributed by atoms with E-state index in [0.29, 0.717) is 28.0 Å². The lowest BCUT2D eigenvalue weighted by molar-refractivity contribution is -0.384. The average Bonchev–Trinajstić information content (AvgIpc) is 3.11. The molecule has 0 aliphatic rings. The van der Waals surface area contributed by atoms with Crippen LogP contribution in [0.5, 0.6) is 11.5 Å². The van der Waals surface area contributed by atoms with Crippen LogP contribution in [0.15, 0.2) is 52.0 Å². The number of nitro groups is 1. The minimum Gasteiger partial charge on any atom is -0.497 e. The van der Waals surface area contributed by atoms with Gasteiger partial charge < -0.3 is 13.9 Å². The molecule has 0 spiro atoms. The zero-order valence-corrected chi connectivity index (χ0v) is 14.5. The van der Waals surface area contributed by atoms with Crippen LogP contribution in [0, 0.1) is 10.1 Å². The van der Waals surface area contributed by atoms with Crippen LogP contribution in [0.3, 0.4) is 0 Å². The Balaban J connectivity index is 1.77. The number of nitrogens with zero attached hydrogens (tertiary/aromatic N) is 2. The Morgan fingerprint density at radius 1 is 1.19 bits per heavy atom. The highest BCUT2D eigenvalue weighted by Gasteiger charge is 2.14. The number of hydrogen-bond donors (Lipinski definition) is 1. The molecule has 1 heterocycles. The maximum atomic E-state index is 12.2. The summed E-state index contributed by atoms with van der Waals surface area (Å²) >= 11 is 0. The summed E-state index contributed by atoms with van der Waals surface area (Å²) in [6, 6.07) is 10.7. The fourth-order valence-electron chi connectivity index (χ4n) is 2.41. The Morgan fingerprint density at radius 2 is 2.00 bits per heavy atom. The van der Waals surface area contributed by atoms with Crippen molar-refractivity contribution in [2.45, 2.75) is 0 Å². The van der Waals surface area contributed by atoms with Crippen molar-refractivity contribution < 1.29 is 23.6 Å². The first-order valence-corrected chi connectivity index (χ1v) is 7.75. The summed E-state index contributed by atoms with van der Waals surface area (Å²) in [5, 5.41) is 15.2. The molecule has 1 aromatic heterocycles. The maximum Gasteiger partial charge on any atom is 0.307 e. The van der Waals surface area contributed by atoms with Crippen molar-refractivity contribution in [1.82, 2.24) is 5.43 Å². The number of hydrazone groups is 1. The monoisotopic (exact) mass is 369 g/mol. The molecule has 1 amide bonds. The lowest BCUT2D eigenvalue weighted by Gasteiger charge is -2.06. The first-order valence-electron chi connectivity index (χ1n) is 7.75. The second-order valence-corrected chi connectivity index (χ2v) is 5.40. The van der Waals surface area contributed by atoms with Crippen molar-refractivity contribution in [3.8, 4) is 11.5 Å². The molecular formula is C18H15N3O6. The highest BCUT2D eigenvalue weighted by atomic mass is 16.6.